The average Bonchev–Trinajstić information content (AvgIpc) is 3.17. The van der Waals surface area contributed by atoms with Gasteiger partial charge in [0.15, 0.2) is 0 Å². The Morgan fingerprint density at radius 1 is 1.33 bits per heavy atom. The van der Waals surface area contributed by atoms with Crippen LogP contribution >= 0.6 is 11.5 Å². The number of rotatable bonds is 6. The van der Waals surface area contributed by atoms with Gasteiger partial charge >= 0.3 is 0 Å². The van der Waals surface area contributed by atoms with Crippen LogP contribution in [0.2, 0.25) is 0 Å². The molecular weight excluding hydrogens is 398 g/mol. The van der Waals surface area contributed by atoms with Gasteiger partial charge in [-0.2, -0.15) is 0 Å². The Morgan fingerprint density at radius 3 is 2.50 bits per heavy atom. The maximum Gasteiger partial charge on any atom is 0.253 e. The molecule has 2 amide bonds. The van der Waals surface area contributed by atoms with Crippen LogP contribution in [0.25, 0.3) is 0 Å². The zero-order valence-electron chi connectivity index (χ0n) is 20.2. The van der Waals surface area contributed by atoms with Crippen molar-refractivity contribution in [2.75, 3.05) is 14.2 Å². The van der Waals surface area contributed by atoms with Crippen molar-refractivity contribution in [2.24, 2.45) is 21.7 Å². The first-order chi connectivity index (χ1) is 13.8. The van der Waals surface area contributed by atoms with E-state index in [0.29, 0.717) is 12.8 Å². The summed E-state index contributed by atoms with van der Waals surface area (Å²) in [6, 6.07) is 0. The fraction of sp³-hybridized carbons (Fsp3) is 0.783. The lowest BCUT2D eigenvalue weighted by molar-refractivity contribution is -0.177. The van der Waals surface area contributed by atoms with Gasteiger partial charge in [-0.15, -0.1) is 0 Å². The van der Waals surface area contributed by atoms with Crippen LogP contribution in [0.15, 0.2) is 11.2 Å². The minimum Gasteiger partial charge on any atom is -0.298 e. The molecule has 0 radical (unpaired) electrons. The topological polar surface area (TPSA) is 63.9 Å². The van der Waals surface area contributed by atoms with Gasteiger partial charge in [-0.1, -0.05) is 34.1 Å². The summed E-state index contributed by atoms with van der Waals surface area (Å²) < 4.78 is 3.00. The molecule has 0 spiro atoms. The Balaban J connectivity index is 2.44. The van der Waals surface area contributed by atoms with Crippen molar-refractivity contribution in [1.82, 2.24) is 9.02 Å². The fourth-order valence-corrected chi connectivity index (χ4v) is 5.21. The second kappa shape index (κ2) is 8.95. The number of carbonyl (C=O) groups excluding carboxylic acids is 2. The van der Waals surface area contributed by atoms with E-state index in [1.54, 1.807) is 18.6 Å². The van der Waals surface area contributed by atoms with E-state index < -0.39 is 10.8 Å². The third-order valence-electron chi connectivity index (χ3n) is 6.98. The van der Waals surface area contributed by atoms with E-state index in [2.05, 4.69) is 42.8 Å². The first-order valence-electron chi connectivity index (χ1n) is 10.9. The van der Waals surface area contributed by atoms with Crippen LogP contribution in [0.3, 0.4) is 0 Å². The van der Waals surface area contributed by atoms with E-state index in [9.17, 15) is 9.59 Å². The molecule has 0 unspecified atom stereocenters. The molecule has 0 aliphatic heterocycles. The molecule has 1 aromatic rings. The summed E-state index contributed by atoms with van der Waals surface area (Å²) in [5.41, 5.74) is -0.128. The van der Waals surface area contributed by atoms with Crippen LogP contribution in [-0.2, 0) is 26.4 Å². The number of nitrogens with zero attached hydrogens (tertiary/aromatic N) is 3. The number of amides is 2. The summed E-state index contributed by atoms with van der Waals surface area (Å²) >= 11 is 1.55. The normalized spacial score (nSPS) is 24.3. The van der Waals surface area contributed by atoms with E-state index in [1.807, 2.05) is 20.8 Å². The lowest BCUT2D eigenvalue weighted by Crippen LogP contribution is -2.45. The third kappa shape index (κ3) is 4.57. The molecule has 2 rings (SSSR count). The van der Waals surface area contributed by atoms with Gasteiger partial charge in [0.25, 0.3) is 5.91 Å². The Morgan fingerprint density at radius 2 is 1.97 bits per heavy atom. The molecule has 1 fully saturated rings. The van der Waals surface area contributed by atoms with Gasteiger partial charge in [0, 0.05) is 30.3 Å². The second-order valence-electron chi connectivity index (χ2n) is 10.2. The van der Waals surface area contributed by atoms with E-state index in [4.69, 9.17) is 4.84 Å². The molecule has 0 aromatic carbocycles. The Labute approximate surface area is 185 Å². The zero-order chi connectivity index (χ0) is 22.9. The number of aromatic nitrogens is 1. The molecule has 170 valence electrons. The molecule has 0 saturated heterocycles. The lowest BCUT2D eigenvalue weighted by Gasteiger charge is -2.39. The maximum absolute atomic E-state index is 13.5. The SMILES string of the molecule is CCCCc1cn(C(C)(C)C)sc1=NC(=O)[C@]1(C)CC[C@H](C(=O)N(C)OC)C1(C)C. The molecule has 1 saturated carbocycles. The Hall–Kier alpha value is -1.47. The van der Waals surface area contributed by atoms with Crippen LogP contribution in [0.1, 0.15) is 79.7 Å². The number of hydrogen-bond acceptors (Lipinski definition) is 4. The van der Waals surface area contributed by atoms with E-state index >= 15 is 0 Å². The molecule has 1 heterocycles. The molecule has 30 heavy (non-hydrogen) atoms. The molecule has 0 bridgehead atoms. The third-order valence-corrected chi connectivity index (χ3v) is 8.35. The summed E-state index contributed by atoms with van der Waals surface area (Å²) in [5.74, 6) is -0.470. The number of hydrogen-bond donors (Lipinski definition) is 0. The largest absolute Gasteiger partial charge is 0.298 e. The monoisotopic (exact) mass is 437 g/mol. The van der Waals surface area contributed by atoms with Gasteiger partial charge < -0.3 is 0 Å². The molecule has 0 N–H and O–H groups in total. The minimum absolute atomic E-state index is 0.0543. The molecule has 1 aromatic heterocycles. The molecule has 1 aliphatic rings. The number of hydroxylamine groups is 2. The summed E-state index contributed by atoms with van der Waals surface area (Å²) in [6.07, 6.45) is 6.54. The van der Waals surface area contributed by atoms with Gasteiger partial charge in [-0.3, -0.25) is 18.4 Å². The summed E-state index contributed by atoms with van der Waals surface area (Å²) in [5, 5.41) is 1.27. The number of unbranched alkanes of at least 4 members (excludes halogenated alkanes) is 1. The molecule has 7 heteroatoms. The highest BCUT2D eigenvalue weighted by Gasteiger charge is 2.58. The Bertz CT molecular complexity index is 847. The zero-order valence-corrected chi connectivity index (χ0v) is 21.0. The highest BCUT2D eigenvalue weighted by atomic mass is 32.1. The highest BCUT2D eigenvalue weighted by molar-refractivity contribution is 7.04. The van der Waals surface area contributed by atoms with Gasteiger partial charge in [0.1, 0.15) is 4.67 Å². The van der Waals surface area contributed by atoms with Crippen LogP contribution in [-0.4, -0.2) is 35.0 Å². The van der Waals surface area contributed by atoms with Crippen molar-refractivity contribution in [2.45, 2.75) is 86.1 Å². The van der Waals surface area contributed by atoms with Gasteiger partial charge in [-0.05, 0) is 63.4 Å². The van der Waals surface area contributed by atoms with Crippen molar-refractivity contribution in [3.63, 3.8) is 0 Å². The van der Waals surface area contributed by atoms with Crippen LogP contribution < -0.4 is 4.67 Å². The van der Waals surface area contributed by atoms with Gasteiger partial charge in [0.2, 0.25) is 5.91 Å². The van der Waals surface area contributed by atoms with Crippen molar-refractivity contribution >= 4 is 23.3 Å². The summed E-state index contributed by atoms with van der Waals surface area (Å²) in [6.45, 7) is 14.6. The molecule has 2 atom stereocenters. The molecular formula is C23H39N3O3S. The minimum atomic E-state index is -0.694. The number of aryl methyl sites for hydroxylation is 1. The van der Waals surface area contributed by atoms with Gasteiger partial charge in [-0.25, -0.2) is 10.1 Å². The first-order valence-corrected chi connectivity index (χ1v) is 11.7. The number of carbonyl (C=O) groups is 2. The summed E-state index contributed by atoms with van der Waals surface area (Å²) in [7, 11) is 3.11. The molecule has 6 nitrogen and oxygen atoms in total. The van der Waals surface area contributed by atoms with Crippen LogP contribution in [0.5, 0.6) is 0 Å². The quantitative estimate of drug-likeness (QED) is 0.614. The van der Waals surface area contributed by atoms with Crippen LogP contribution in [0.4, 0.5) is 0 Å². The molecule has 1 aliphatic carbocycles. The predicted molar refractivity (Wildman–Crippen MR) is 121 cm³/mol. The van der Waals surface area contributed by atoms with E-state index in [1.165, 1.54) is 12.2 Å². The van der Waals surface area contributed by atoms with E-state index in [0.717, 1.165) is 29.5 Å². The predicted octanol–water partition coefficient (Wildman–Crippen LogP) is 4.54. The lowest BCUT2D eigenvalue weighted by atomic mass is 9.65. The summed E-state index contributed by atoms with van der Waals surface area (Å²) in [4.78, 5) is 36.1. The standard InChI is InChI=1S/C23H39N3O3S/c1-10-11-12-16-15-26(21(2,3)4)30-18(16)24-20(28)23(7)14-13-17(22(23,5)6)19(27)25(8)29-9/h15,17H,10-14H2,1-9H3/t17-,23+/m1/s1. The van der Waals surface area contributed by atoms with Crippen molar-refractivity contribution < 1.29 is 14.4 Å². The first kappa shape index (κ1) is 24.8. The Kier molecular flexibility index (Phi) is 7.40. The van der Waals surface area contributed by atoms with Crippen molar-refractivity contribution in [3.05, 3.63) is 16.4 Å². The smallest absolute Gasteiger partial charge is 0.253 e. The highest BCUT2D eigenvalue weighted by Crippen LogP contribution is 2.57. The van der Waals surface area contributed by atoms with Crippen molar-refractivity contribution in [3.8, 4) is 0 Å². The maximum atomic E-state index is 13.5. The van der Waals surface area contributed by atoms with E-state index in [-0.39, 0.29) is 23.3 Å². The second-order valence-corrected chi connectivity index (χ2v) is 11.2. The fourth-order valence-electron chi connectivity index (χ4n) is 4.18. The average molecular weight is 438 g/mol. The van der Waals surface area contributed by atoms with Crippen molar-refractivity contribution in [1.29, 1.82) is 0 Å². The van der Waals surface area contributed by atoms with Gasteiger partial charge in [0.05, 0.1) is 12.5 Å². The van der Waals surface area contributed by atoms with Crippen LogP contribution in [0, 0.1) is 16.7 Å².